The van der Waals surface area contributed by atoms with Gasteiger partial charge in [-0.3, -0.25) is 0 Å². The number of nitriles is 2. The van der Waals surface area contributed by atoms with Crippen LogP contribution in [0.15, 0.2) is 243 Å². The summed E-state index contributed by atoms with van der Waals surface area (Å²) in [5.74, 6) is 0. The molecular formula is C68H40N6. The predicted octanol–water partition coefficient (Wildman–Crippen LogP) is 17.2. The zero-order valence-corrected chi connectivity index (χ0v) is 39.8. The molecule has 4 heterocycles. The highest BCUT2D eigenvalue weighted by molar-refractivity contribution is 6.16. The zero-order valence-electron chi connectivity index (χ0n) is 39.8. The fraction of sp³-hybridized carbons (Fsp3) is 0. The van der Waals surface area contributed by atoms with Crippen molar-refractivity contribution in [2.75, 3.05) is 0 Å². The van der Waals surface area contributed by atoms with Crippen molar-refractivity contribution < 1.29 is 0 Å². The molecule has 0 aliphatic carbocycles. The smallest absolute Gasteiger partial charge is 0.102 e. The Bertz CT molecular complexity index is 4730. The number of aromatic nitrogens is 4. The first-order valence-corrected chi connectivity index (χ1v) is 24.9. The van der Waals surface area contributed by atoms with E-state index in [1.54, 1.807) is 0 Å². The van der Waals surface area contributed by atoms with Crippen molar-refractivity contribution in [1.29, 1.82) is 10.5 Å². The molecule has 15 rings (SSSR count). The van der Waals surface area contributed by atoms with E-state index in [1.807, 2.05) is 42.5 Å². The molecule has 0 fully saturated rings. The maximum atomic E-state index is 11.9. The van der Waals surface area contributed by atoms with Gasteiger partial charge < -0.3 is 18.3 Å². The average Bonchev–Trinajstić information content (AvgIpc) is 4.24. The van der Waals surface area contributed by atoms with E-state index in [4.69, 9.17) is 0 Å². The zero-order chi connectivity index (χ0) is 49.0. The summed E-state index contributed by atoms with van der Waals surface area (Å²) in [5, 5.41) is 32.8. The van der Waals surface area contributed by atoms with Gasteiger partial charge in [-0.05, 0) is 83.9 Å². The van der Waals surface area contributed by atoms with Gasteiger partial charge in [-0.25, -0.2) is 0 Å². The van der Waals surface area contributed by atoms with Crippen LogP contribution in [0.1, 0.15) is 11.1 Å². The molecule has 0 amide bonds. The summed E-state index contributed by atoms with van der Waals surface area (Å²) in [7, 11) is 0. The molecule has 0 unspecified atom stereocenters. The van der Waals surface area contributed by atoms with E-state index < -0.39 is 0 Å². The van der Waals surface area contributed by atoms with Gasteiger partial charge in [0.05, 0.1) is 66.6 Å². The van der Waals surface area contributed by atoms with Crippen molar-refractivity contribution in [2.24, 2.45) is 0 Å². The van der Waals surface area contributed by atoms with Crippen molar-refractivity contribution in [2.45, 2.75) is 0 Å². The minimum Gasteiger partial charge on any atom is -0.309 e. The van der Waals surface area contributed by atoms with Crippen LogP contribution in [0.25, 0.3) is 132 Å². The Kier molecular flexibility index (Phi) is 8.99. The lowest BCUT2D eigenvalue weighted by Gasteiger charge is -2.25. The van der Waals surface area contributed by atoms with Gasteiger partial charge >= 0.3 is 0 Å². The van der Waals surface area contributed by atoms with E-state index in [9.17, 15) is 10.5 Å². The lowest BCUT2D eigenvalue weighted by molar-refractivity contribution is 1.12. The van der Waals surface area contributed by atoms with E-state index in [0.717, 1.165) is 105 Å². The lowest BCUT2D eigenvalue weighted by atomic mass is 9.86. The van der Waals surface area contributed by atoms with Crippen LogP contribution < -0.4 is 0 Å². The second kappa shape index (κ2) is 16.1. The molecule has 6 nitrogen and oxygen atoms in total. The molecule has 0 N–H and O–H groups in total. The molecule has 6 heteroatoms. The topological polar surface area (TPSA) is 67.3 Å². The largest absolute Gasteiger partial charge is 0.309 e. The quantitative estimate of drug-likeness (QED) is 0.167. The van der Waals surface area contributed by atoms with Crippen LogP contribution in [0.4, 0.5) is 0 Å². The Hall–Kier alpha value is -10.4. The first kappa shape index (κ1) is 41.4. The number of rotatable bonds is 6. The monoisotopic (exact) mass is 940 g/mol. The summed E-state index contributed by atoms with van der Waals surface area (Å²) in [6, 6.07) is 90.5. The molecule has 15 aromatic rings. The highest BCUT2D eigenvalue weighted by Crippen LogP contribution is 2.49. The van der Waals surface area contributed by atoms with Crippen molar-refractivity contribution in [3.8, 4) is 57.1 Å². The van der Waals surface area contributed by atoms with Crippen molar-refractivity contribution >= 4 is 87.2 Å². The number of hydrogen-bond donors (Lipinski definition) is 0. The standard InChI is InChI=1S/C68H40N6/c69-41-55-65(43-19-3-1-4-20-43)68(74-60-32-16-9-25-49(60)50-26-10-17-33-61(50)74)66(44-21-5-2-6-22-44)56(42-70)67(55)73-62-34-18-12-28-52(62)54-40-46(36-38-64(54)73)72-59-31-15-11-27-51(59)53-39-45(35-37-63(53)72)71-57-29-13-7-23-47(57)48-24-8-14-30-58(48)71/h1-40H. The molecular weight excluding hydrogens is 901 g/mol. The average molecular weight is 941 g/mol. The van der Waals surface area contributed by atoms with Crippen molar-refractivity contribution in [1.82, 2.24) is 18.3 Å². The normalized spacial score (nSPS) is 11.8. The summed E-state index contributed by atoms with van der Waals surface area (Å²) in [5.41, 5.74) is 15.8. The third-order valence-corrected chi connectivity index (χ3v) is 15.2. The van der Waals surface area contributed by atoms with Crippen LogP contribution in [-0.2, 0) is 0 Å². The van der Waals surface area contributed by atoms with Gasteiger partial charge in [0.15, 0.2) is 0 Å². The van der Waals surface area contributed by atoms with Gasteiger partial charge in [0.1, 0.15) is 12.1 Å². The predicted molar refractivity (Wildman–Crippen MR) is 304 cm³/mol. The second-order valence-electron chi connectivity index (χ2n) is 19.0. The second-order valence-corrected chi connectivity index (χ2v) is 19.0. The van der Waals surface area contributed by atoms with Crippen LogP contribution in [0.2, 0.25) is 0 Å². The first-order valence-electron chi connectivity index (χ1n) is 24.9. The van der Waals surface area contributed by atoms with Crippen LogP contribution in [0.3, 0.4) is 0 Å². The lowest BCUT2D eigenvalue weighted by Crippen LogP contribution is -2.11. The summed E-state index contributed by atoms with van der Waals surface area (Å²) < 4.78 is 9.19. The van der Waals surface area contributed by atoms with Crippen LogP contribution >= 0.6 is 0 Å². The molecule has 0 saturated carbocycles. The first-order chi connectivity index (χ1) is 36.7. The van der Waals surface area contributed by atoms with Gasteiger partial charge in [-0.15, -0.1) is 0 Å². The van der Waals surface area contributed by atoms with E-state index in [2.05, 4.69) is 231 Å². The molecule has 0 aliphatic rings. The summed E-state index contributed by atoms with van der Waals surface area (Å²) in [4.78, 5) is 0. The van der Waals surface area contributed by atoms with Crippen LogP contribution in [0.5, 0.6) is 0 Å². The number of nitrogens with zero attached hydrogens (tertiary/aromatic N) is 6. The van der Waals surface area contributed by atoms with Crippen molar-refractivity contribution in [3.63, 3.8) is 0 Å². The van der Waals surface area contributed by atoms with Crippen molar-refractivity contribution in [3.05, 3.63) is 254 Å². The number of fused-ring (bicyclic) bond motifs is 12. The molecule has 0 aliphatic heterocycles. The Morgan fingerprint density at radius 2 is 0.514 bits per heavy atom. The minimum atomic E-state index is 0.414. The third-order valence-electron chi connectivity index (χ3n) is 15.2. The van der Waals surface area contributed by atoms with Gasteiger partial charge in [0.25, 0.3) is 0 Å². The Morgan fingerprint density at radius 3 is 0.865 bits per heavy atom. The molecule has 0 spiro atoms. The van der Waals surface area contributed by atoms with Crippen LogP contribution in [-0.4, -0.2) is 18.3 Å². The Labute approximate surface area is 424 Å². The molecule has 342 valence electrons. The molecule has 11 aromatic carbocycles. The van der Waals surface area contributed by atoms with E-state index >= 15 is 0 Å². The van der Waals surface area contributed by atoms with Gasteiger partial charge in [0, 0.05) is 65.6 Å². The summed E-state index contributed by atoms with van der Waals surface area (Å²) in [6.45, 7) is 0. The molecule has 0 atom stereocenters. The molecule has 74 heavy (non-hydrogen) atoms. The summed E-state index contributed by atoms with van der Waals surface area (Å²) in [6.07, 6.45) is 0. The highest BCUT2D eigenvalue weighted by Gasteiger charge is 2.31. The molecule has 0 radical (unpaired) electrons. The maximum absolute atomic E-state index is 11.9. The fourth-order valence-corrected chi connectivity index (χ4v) is 12.2. The summed E-state index contributed by atoms with van der Waals surface area (Å²) >= 11 is 0. The van der Waals surface area contributed by atoms with Gasteiger partial charge in [-0.1, -0.05) is 170 Å². The highest BCUT2D eigenvalue weighted by atomic mass is 15.0. The van der Waals surface area contributed by atoms with E-state index in [-0.39, 0.29) is 0 Å². The fourth-order valence-electron chi connectivity index (χ4n) is 12.2. The van der Waals surface area contributed by atoms with Gasteiger partial charge in [-0.2, -0.15) is 10.5 Å². The third kappa shape index (κ3) is 5.79. The van der Waals surface area contributed by atoms with Gasteiger partial charge in [0.2, 0.25) is 0 Å². The van der Waals surface area contributed by atoms with E-state index in [0.29, 0.717) is 16.8 Å². The molecule has 0 saturated heterocycles. The van der Waals surface area contributed by atoms with Crippen LogP contribution in [0, 0.1) is 22.7 Å². The molecule has 0 bridgehead atoms. The number of benzene rings is 11. The number of hydrogen-bond acceptors (Lipinski definition) is 2. The number of para-hydroxylation sites is 6. The minimum absolute atomic E-state index is 0.414. The maximum Gasteiger partial charge on any atom is 0.102 e. The molecule has 4 aromatic heterocycles. The Morgan fingerprint density at radius 1 is 0.243 bits per heavy atom. The van der Waals surface area contributed by atoms with E-state index in [1.165, 1.54) is 21.8 Å². The Balaban J connectivity index is 1.02. The SMILES string of the molecule is N#Cc1c(-c2ccccc2)c(-n2c3ccccc3c3ccccc32)c(-c2ccccc2)c(C#N)c1-n1c2ccccc2c2cc(-n3c4ccccc4c4cc(-n5c6ccccc6c6ccccc65)ccc43)ccc21.